The second-order valence-corrected chi connectivity index (χ2v) is 5.15. The van der Waals surface area contributed by atoms with Crippen molar-refractivity contribution in [2.45, 2.75) is 20.8 Å². The molecule has 0 aliphatic carbocycles. The monoisotopic (exact) mass is 280 g/mol. The Bertz CT molecular complexity index is 849. The molecule has 1 aromatic carbocycles. The Balaban J connectivity index is 2.09. The molecule has 0 aliphatic heterocycles. The van der Waals surface area contributed by atoms with Crippen molar-refractivity contribution in [3.05, 3.63) is 53.3 Å². The zero-order chi connectivity index (χ0) is 15.0. The maximum atomic E-state index is 9.81. The van der Waals surface area contributed by atoms with E-state index in [1.54, 1.807) is 12.1 Å². The Morgan fingerprint density at radius 2 is 1.76 bits per heavy atom. The number of pyridine rings is 1. The lowest BCUT2D eigenvalue weighted by molar-refractivity contribution is 0.476. The number of phenolic OH excluding ortho intramolecular Hbond substituents is 1. The zero-order valence-corrected chi connectivity index (χ0v) is 12.2. The number of phenols is 1. The van der Waals surface area contributed by atoms with Gasteiger partial charge in [0.05, 0.1) is 5.69 Å². The molecule has 5 heteroatoms. The maximum Gasteiger partial charge on any atom is 0.182 e. The summed E-state index contributed by atoms with van der Waals surface area (Å²) in [4.78, 5) is 4.45. The Hall–Kier alpha value is -2.69. The van der Waals surface area contributed by atoms with Crippen LogP contribution in [-0.4, -0.2) is 14.5 Å². The van der Waals surface area contributed by atoms with E-state index >= 15 is 0 Å². The van der Waals surface area contributed by atoms with Crippen molar-refractivity contribution in [1.82, 2.24) is 9.38 Å². The van der Waals surface area contributed by atoms with Crippen molar-refractivity contribution < 1.29 is 5.11 Å². The molecular weight excluding hydrogens is 264 g/mol. The van der Waals surface area contributed by atoms with Gasteiger partial charge < -0.3 is 5.11 Å². The number of benzene rings is 1. The highest BCUT2D eigenvalue weighted by Gasteiger charge is 2.08. The van der Waals surface area contributed by atoms with E-state index in [1.807, 2.05) is 49.6 Å². The molecular formula is C16H16N4O. The van der Waals surface area contributed by atoms with E-state index in [4.69, 9.17) is 0 Å². The third kappa shape index (κ3) is 2.50. The predicted octanol–water partition coefficient (Wildman–Crippen LogP) is 4.38. The third-order valence-electron chi connectivity index (χ3n) is 3.29. The van der Waals surface area contributed by atoms with Crippen molar-refractivity contribution in [2.24, 2.45) is 10.2 Å². The first-order chi connectivity index (χ1) is 10.0. The summed E-state index contributed by atoms with van der Waals surface area (Å²) in [5, 5.41) is 18.3. The molecule has 1 N–H and O–H groups in total. The first kappa shape index (κ1) is 13.3. The minimum absolute atomic E-state index is 0.118. The van der Waals surface area contributed by atoms with Crippen LogP contribution >= 0.6 is 0 Å². The van der Waals surface area contributed by atoms with Crippen LogP contribution < -0.4 is 0 Å². The van der Waals surface area contributed by atoms with Crippen molar-refractivity contribution in [2.75, 3.05) is 0 Å². The number of imidazole rings is 1. The van der Waals surface area contributed by atoms with Crippen LogP contribution in [0.2, 0.25) is 0 Å². The van der Waals surface area contributed by atoms with Crippen molar-refractivity contribution in [1.29, 1.82) is 0 Å². The van der Waals surface area contributed by atoms with Crippen molar-refractivity contribution in [3.8, 4) is 5.75 Å². The summed E-state index contributed by atoms with van der Waals surface area (Å²) >= 11 is 0. The van der Waals surface area contributed by atoms with Crippen LogP contribution in [0.1, 0.15) is 16.8 Å². The number of nitrogens with zero attached hydrogens (tertiary/aromatic N) is 4. The van der Waals surface area contributed by atoms with Gasteiger partial charge in [-0.15, -0.1) is 10.2 Å². The van der Waals surface area contributed by atoms with E-state index in [-0.39, 0.29) is 5.75 Å². The minimum Gasteiger partial charge on any atom is -0.506 e. The summed E-state index contributed by atoms with van der Waals surface area (Å²) in [6.07, 6.45) is 1.97. The topological polar surface area (TPSA) is 62.2 Å². The summed E-state index contributed by atoms with van der Waals surface area (Å²) in [5.41, 5.74) is 4.23. The highest BCUT2D eigenvalue weighted by atomic mass is 16.3. The van der Waals surface area contributed by atoms with Crippen molar-refractivity contribution in [3.63, 3.8) is 0 Å². The van der Waals surface area contributed by atoms with Crippen LogP contribution in [0.3, 0.4) is 0 Å². The fraction of sp³-hybridized carbons (Fsp3) is 0.188. The zero-order valence-electron chi connectivity index (χ0n) is 12.2. The van der Waals surface area contributed by atoms with E-state index in [9.17, 15) is 5.11 Å². The average molecular weight is 280 g/mol. The number of fused-ring (bicyclic) bond motifs is 1. The molecule has 0 atom stereocenters. The Labute approximate surface area is 122 Å². The first-order valence-electron chi connectivity index (χ1n) is 6.71. The summed E-state index contributed by atoms with van der Waals surface area (Å²) in [5.74, 6) is 0.793. The number of azo groups is 1. The van der Waals surface area contributed by atoms with Crippen LogP contribution in [0, 0.1) is 20.8 Å². The van der Waals surface area contributed by atoms with E-state index in [1.165, 1.54) is 0 Å². The van der Waals surface area contributed by atoms with E-state index < -0.39 is 0 Å². The third-order valence-corrected chi connectivity index (χ3v) is 3.29. The van der Waals surface area contributed by atoms with Crippen LogP contribution in [0.25, 0.3) is 5.65 Å². The molecule has 2 aromatic heterocycles. The molecule has 0 aliphatic rings. The average Bonchev–Trinajstić information content (AvgIpc) is 2.75. The molecule has 0 amide bonds. The normalized spacial score (nSPS) is 11.6. The molecule has 0 unspecified atom stereocenters. The highest BCUT2D eigenvalue weighted by Crippen LogP contribution is 2.30. The second-order valence-electron chi connectivity index (χ2n) is 5.15. The minimum atomic E-state index is 0.118. The van der Waals surface area contributed by atoms with Gasteiger partial charge in [-0.2, -0.15) is 0 Å². The van der Waals surface area contributed by atoms with Crippen LogP contribution in [0.15, 0.2) is 46.8 Å². The van der Waals surface area contributed by atoms with Crippen molar-refractivity contribution >= 4 is 17.2 Å². The summed E-state index contributed by atoms with van der Waals surface area (Å²) in [7, 11) is 0. The summed E-state index contributed by atoms with van der Waals surface area (Å²) < 4.78 is 1.90. The molecule has 0 bridgehead atoms. The number of hydrogen-bond donors (Lipinski definition) is 1. The molecule has 3 aromatic rings. The number of aromatic hydroxyl groups is 1. The second kappa shape index (κ2) is 5.01. The summed E-state index contributed by atoms with van der Waals surface area (Å²) in [6.45, 7) is 5.86. The lowest BCUT2D eigenvalue weighted by Gasteiger charge is -2.00. The molecule has 21 heavy (non-hydrogen) atoms. The van der Waals surface area contributed by atoms with Gasteiger partial charge in [-0.25, -0.2) is 4.98 Å². The van der Waals surface area contributed by atoms with Crippen LogP contribution in [-0.2, 0) is 0 Å². The largest absolute Gasteiger partial charge is 0.506 e. The molecule has 0 radical (unpaired) electrons. The van der Waals surface area contributed by atoms with E-state index in [0.717, 1.165) is 22.5 Å². The fourth-order valence-corrected chi connectivity index (χ4v) is 2.19. The SMILES string of the molecule is Cc1ccc(O)c(N=Nc2c(C)nc3ccc(C)cn23)c1. The molecule has 106 valence electrons. The fourth-order valence-electron chi connectivity index (χ4n) is 2.19. The number of aryl methyl sites for hydroxylation is 3. The Kier molecular flexibility index (Phi) is 3.17. The van der Waals surface area contributed by atoms with E-state index in [2.05, 4.69) is 15.2 Å². The van der Waals surface area contributed by atoms with Gasteiger partial charge in [-0.1, -0.05) is 12.1 Å². The molecule has 0 saturated carbocycles. The van der Waals surface area contributed by atoms with Gasteiger partial charge in [0, 0.05) is 6.20 Å². The van der Waals surface area contributed by atoms with Gasteiger partial charge >= 0.3 is 0 Å². The number of hydrogen-bond acceptors (Lipinski definition) is 4. The van der Waals surface area contributed by atoms with Crippen LogP contribution in [0.5, 0.6) is 5.75 Å². The van der Waals surface area contributed by atoms with Crippen LogP contribution in [0.4, 0.5) is 11.5 Å². The predicted molar refractivity (Wildman–Crippen MR) is 81.7 cm³/mol. The molecule has 0 spiro atoms. The number of aromatic nitrogens is 2. The molecule has 3 rings (SSSR count). The first-order valence-corrected chi connectivity index (χ1v) is 6.71. The summed E-state index contributed by atoms with van der Waals surface area (Å²) in [6, 6.07) is 9.20. The molecule has 2 heterocycles. The lowest BCUT2D eigenvalue weighted by Crippen LogP contribution is -1.84. The van der Waals surface area contributed by atoms with Gasteiger partial charge in [-0.3, -0.25) is 4.40 Å². The Morgan fingerprint density at radius 3 is 2.57 bits per heavy atom. The Morgan fingerprint density at radius 1 is 1.00 bits per heavy atom. The van der Waals surface area contributed by atoms with Gasteiger partial charge in [0.25, 0.3) is 0 Å². The van der Waals surface area contributed by atoms with Gasteiger partial charge in [0.15, 0.2) is 5.82 Å². The van der Waals surface area contributed by atoms with Gasteiger partial charge in [-0.05, 0) is 50.1 Å². The smallest absolute Gasteiger partial charge is 0.182 e. The standard InChI is InChI=1S/C16H16N4O/c1-10-4-6-14(21)13(8-10)18-19-16-12(3)17-15-7-5-11(2)9-20(15)16/h4-9,21H,1-3H3. The number of rotatable bonds is 2. The molecule has 5 nitrogen and oxygen atoms in total. The maximum absolute atomic E-state index is 9.81. The van der Waals surface area contributed by atoms with Gasteiger partial charge in [0.1, 0.15) is 17.1 Å². The lowest BCUT2D eigenvalue weighted by atomic mass is 10.2. The van der Waals surface area contributed by atoms with E-state index in [0.29, 0.717) is 11.5 Å². The molecule has 0 saturated heterocycles. The highest BCUT2D eigenvalue weighted by molar-refractivity contribution is 5.55. The molecule has 0 fully saturated rings. The van der Waals surface area contributed by atoms with Gasteiger partial charge in [0.2, 0.25) is 0 Å². The quantitative estimate of drug-likeness (QED) is 0.708.